The molecule has 2 aromatic carbocycles. The third-order valence-electron chi connectivity index (χ3n) is 3.84. The van der Waals surface area contributed by atoms with Gasteiger partial charge in [-0.25, -0.2) is 0 Å². The lowest BCUT2D eigenvalue weighted by molar-refractivity contribution is -0.124. The summed E-state index contributed by atoms with van der Waals surface area (Å²) in [5, 5.41) is 0.473. The molecule has 128 valence electrons. The van der Waals surface area contributed by atoms with Gasteiger partial charge in [-0.2, -0.15) is 0 Å². The Morgan fingerprint density at radius 3 is 2.76 bits per heavy atom. The largest absolute Gasteiger partial charge is 0.482 e. The van der Waals surface area contributed by atoms with E-state index in [0.29, 0.717) is 23.0 Å². The molecule has 2 aromatic rings. The second-order valence-corrected chi connectivity index (χ2v) is 5.95. The van der Waals surface area contributed by atoms with Crippen LogP contribution in [0.25, 0.3) is 0 Å². The lowest BCUT2D eigenvalue weighted by atomic mass is 10.2. The first-order chi connectivity index (χ1) is 12.1. The van der Waals surface area contributed by atoms with Gasteiger partial charge in [-0.15, -0.1) is 6.58 Å². The molecule has 0 aliphatic carbocycles. The molecule has 0 unspecified atom stereocenters. The molecule has 0 N–H and O–H groups in total. The molecular weight excluding hydrogens is 340 g/mol. The monoisotopic (exact) mass is 356 g/mol. The summed E-state index contributed by atoms with van der Waals surface area (Å²) in [6.45, 7) is 3.86. The fourth-order valence-electron chi connectivity index (χ4n) is 2.66. The number of carbonyl (C=O) groups excluding carboxylic acids is 2. The molecule has 0 radical (unpaired) electrons. The Hall–Kier alpha value is -2.79. The van der Waals surface area contributed by atoms with Crippen molar-refractivity contribution in [3.05, 3.63) is 66.2 Å². The molecule has 25 heavy (non-hydrogen) atoms. The van der Waals surface area contributed by atoms with Crippen molar-refractivity contribution in [2.24, 2.45) is 0 Å². The van der Waals surface area contributed by atoms with Crippen molar-refractivity contribution in [1.29, 1.82) is 0 Å². The number of fused-ring (bicyclic) bond motifs is 1. The number of rotatable bonds is 5. The summed E-state index contributed by atoms with van der Waals surface area (Å²) in [4.78, 5) is 28.1. The highest BCUT2D eigenvalue weighted by Crippen LogP contribution is 2.34. The third-order valence-corrected chi connectivity index (χ3v) is 4.07. The molecule has 0 saturated heterocycles. The van der Waals surface area contributed by atoms with Crippen LogP contribution in [0.1, 0.15) is 0 Å². The second kappa shape index (κ2) is 7.40. The van der Waals surface area contributed by atoms with Crippen molar-refractivity contribution >= 4 is 34.8 Å². The van der Waals surface area contributed by atoms with Crippen molar-refractivity contribution in [1.82, 2.24) is 0 Å². The number of nitrogens with zero attached hydrogens (tertiary/aromatic N) is 2. The fraction of sp³-hybridized carbons (Fsp3) is 0.158. The van der Waals surface area contributed by atoms with Gasteiger partial charge in [-0.05, 0) is 30.3 Å². The van der Waals surface area contributed by atoms with Gasteiger partial charge in [0.1, 0.15) is 12.3 Å². The van der Waals surface area contributed by atoms with Crippen LogP contribution in [0, 0.1) is 0 Å². The standard InChI is InChI=1S/C19H17ClN2O3/c1-2-10-21(15-6-4-3-5-7-15)18(23)12-22-16-11-14(20)8-9-17(16)25-13-19(22)24/h2-9,11H,1,10,12-13H2. The quantitative estimate of drug-likeness (QED) is 0.772. The minimum absolute atomic E-state index is 0.0989. The molecule has 6 heteroatoms. The van der Waals surface area contributed by atoms with E-state index in [9.17, 15) is 9.59 Å². The van der Waals surface area contributed by atoms with Crippen LogP contribution in [-0.4, -0.2) is 31.5 Å². The van der Waals surface area contributed by atoms with E-state index in [4.69, 9.17) is 16.3 Å². The van der Waals surface area contributed by atoms with E-state index in [1.165, 1.54) is 4.90 Å². The molecule has 0 atom stereocenters. The predicted molar refractivity (Wildman–Crippen MR) is 98.3 cm³/mol. The Morgan fingerprint density at radius 2 is 2.04 bits per heavy atom. The summed E-state index contributed by atoms with van der Waals surface area (Å²) in [5.41, 5.74) is 1.25. The number of carbonyl (C=O) groups is 2. The van der Waals surface area contributed by atoms with E-state index >= 15 is 0 Å². The Labute approximate surface area is 151 Å². The molecule has 0 saturated carbocycles. The molecule has 0 fully saturated rings. The highest BCUT2D eigenvalue weighted by molar-refractivity contribution is 6.31. The van der Waals surface area contributed by atoms with Crippen LogP contribution < -0.4 is 14.5 Å². The van der Waals surface area contributed by atoms with Crippen molar-refractivity contribution < 1.29 is 14.3 Å². The zero-order valence-corrected chi connectivity index (χ0v) is 14.3. The van der Waals surface area contributed by atoms with E-state index in [2.05, 4.69) is 6.58 Å². The van der Waals surface area contributed by atoms with Gasteiger partial charge in [0.2, 0.25) is 5.91 Å². The highest BCUT2D eigenvalue weighted by atomic mass is 35.5. The van der Waals surface area contributed by atoms with Gasteiger partial charge < -0.3 is 9.64 Å². The van der Waals surface area contributed by atoms with Gasteiger partial charge in [-0.1, -0.05) is 35.9 Å². The number of anilines is 2. The van der Waals surface area contributed by atoms with Crippen molar-refractivity contribution in [2.45, 2.75) is 0 Å². The molecule has 0 aromatic heterocycles. The summed E-state index contributed by atoms with van der Waals surface area (Å²) >= 11 is 6.03. The molecule has 0 bridgehead atoms. The smallest absolute Gasteiger partial charge is 0.265 e. The number of amides is 2. The first-order valence-corrected chi connectivity index (χ1v) is 8.17. The van der Waals surface area contributed by atoms with E-state index in [1.807, 2.05) is 30.3 Å². The van der Waals surface area contributed by atoms with Gasteiger partial charge in [-0.3, -0.25) is 14.5 Å². The minimum atomic E-state index is -0.283. The lowest BCUT2D eigenvalue weighted by Crippen LogP contribution is -2.46. The van der Waals surface area contributed by atoms with Crippen LogP contribution in [0.2, 0.25) is 5.02 Å². The molecule has 3 rings (SSSR count). The fourth-order valence-corrected chi connectivity index (χ4v) is 2.82. The molecule has 5 nitrogen and oxygen atoms in total. The zero-order chi connectivity index (χ0) is 17.8. The minimum Gasteiger partial charge on any atom is -0.482 e. The maximum atomic E-state index is 12.9. The van der Waals surface area contributed by atoms with Gasteiger partial charge in [0, 0.05) is 17.3 Å². The summed E-state index contributed by atoms with van der Waals surface area (Å²) in [5.74, 6) is 0.0359. The Bertz CT molecular complexity index is 808. The summed E-state index contributed by atoms with van der Waals surface area (Å²) in [6.07, 6.45) is 1.65. The number of hydrogen-bond donors (Lipinski definition) is 0. The van der Waals surface area contributed by atoms with Crippen molar-refractivity contribution in [3.8, 4) is 5.75 Å². The van der Waals surface area contributed by atoms with Gasteiger partial charge >= 0.3 is 0 Å². The van der Waals surface area contributed by atoms with Crippen molar-refractivity contribution in [2.75, 3.05) is 29.5 Å². The SMILES string of the molecule is C=CCN(C(=O)CN1C(=O)COc2ccc(Cl)cc21)c1ccccc1. The normalized spacial score (nSPS) is 13.0. The summed E-state index contributed by atoms with van der Waals surface area (Å²) in [6, 6.07) is 14.3. The highest BCUT2D eigenvalue weighted by Gasteiger charge is 2.29. The average Bonchev–Trinajstić information content (AvgIpc) is 2.62. The van der Waals surface area contributed by atoms with E-state index < -0.39 is 0 Å². The Balaban J connectivity index is 1.87. The van der Waals surface area contributed by atoms with Crippen LogP contribution in [0.15, 0.2) is 61.2 Å². The van der Waals surface area contributed by atoms with Crippen LogP contribution in [0.5, 0.6) is 5.75 Å². The van der Waals surface area contributed by atoms with E-state index in [1.54, 1.807) is 29.2 Å². The molecular formula is C19H17ClN2O3. The molecule has 0 spiro atoms. The average molecular weight is 357 g/mol. The number of hydrogen-bond acceptors (Lipinski definition) is 3. The number of ether oxygens (including phenoxy) is 1. The predicted octanol–water partition coefficient (Wildman–Crippen LogP) is 3.28. The van der Waals surface area contributed by atoms with Crippen molar-refractivity contribution in [3.63, 3.8) is 0 Å². The van der Waals surface area contributed by atoms with E-state index in [-0.39, 0.29) is 25.0 Å². The van der Waals surface area contributed by atoms with Crippen LogP contribution in [0.3, 0.4) is 0 Å². The number of para-hydroxylation sites is 1. The van der Waals surface area contributed by atoms with Gasteiger partial charge in [0.15, 0.2) is 6.61 Å². The second-order valence-electron chi connectivity index (χ2n) is 5.51. The number of halogens is 1. The van der Waals surface area contributed by atoms with E-state index in [0.717, 1.165) is 5.69 Å². The molecule has 2 amide bonds. The topological polar surface area (TPSA) is 49.9 Å². The van der Waals surface area contributed by atoms with Crippen LogP contribution in [-0.2, 0) is 9.59 Å². The van der Waals surface area contributed by atoms with Gasteiger partial charge in [0.25, 0.3) is 5.91 Å². The third kappa shape index (κ3) is 3.67. The number of benzene rings is 2. The molecule has 1 aliphatic heterocycles. The maximum Gasteiger partial charge on any atom is 0.265 e. The first kappa shape index (κ1) is 17.0. The lowest BCUT2D eigenvalue weighted by Gasteiger charge is -2.31. The Kier molecular flexibility index (Phi) is 5.05. The van der Waals surface area contributed by atoms with Gasteiger partial charge in [0.05, 0.1) is 5.69 Å². The summed E-state index contributed by atoms with van der Waals surface area (Å²) in [7, 11) is 0. The first-order valence-electron chi connectivity index (χ1n) is 7.79. The Morgan fingerprint density at radius 1 is 1.28 bits per heavy atom. The van der Waals surface area contributed by atoms with Crippen LogP contribution >= 0.6 is 11.6 Å². The molecule has 1 heterocycles. The molecule has 1 aliphatic rings. The zero-order valence-electron chi connectivity index (χ0n) is 13.5. The summed E-state index contributed by atoms with van der Waals surface area (Å²) < 4.78 is 5.40. The maximum absolute atomic E-state index is 12.9. The van der Waals surface area contributed by atoms with Crippen LogP contribution in [0.4, 0.5) is 11.4 Å².